The van der Waals surface area contributed by atoms with E-state index in [4.69, 9.17) is 34.3 Å². The third kappa shape index (κ3) is 3.71. The molecule has 0 fully saturated rings. The third-order valence-corrected chi connectivity index (χ3v) is 3.31. The Morgan fingerprint density at radius 2 is 1.90 bits per heavy atom. The molecule has 3 N–H and O–H groups in total. The van der Waals surface area contributed by atoms with Crippen LogP contribution in [0.15, 0.2) is 42.5 Å². The molecule has 0 bridgehead atoms. The number of ether oxygens (including phenoxy) is 1. The summed E-state index contributed by atoms with van der Waals surface area (Å²) in [6.07, 6.45) is 0. The number of thiocarbonyl (C=S) groups is 1. The Balaban J connectivity index is 2.19. The van der Waals surface area contributed by atoms with Crippen molar-refractivity contribution in [2.24, 2.45) is 5.73 Å². The number of nitrogens with two attached hydrogens (primary N) is 1. The summed E-state index contributed by atoms with van der Waals surface area (Å²) in [4.78, 5) is 12.6. The topological polar surface area (TPSA) is 64.3 Å². The predicted octanol–water partition coefficient (Wildman–Crippen LogP) is 3.24. The van der Waals surface area contributed by atoms with E-state index in [1.807, 2.05) is 0 Å². The normalized spacial score (nSPS) is 10.0. The lowest BCUT2D eigenvalue weighted by molar-refractivity contribution is 0.102. The highest BCUT2D eigenvalue weighted by Gasteiger charge is 2.13. The Morgan fingerprint density at radius 3 is 2.48 bits per heavy atom. The molecular formula is C15H13ClN2O2S. The fraction of sp³-hybridized carbons (Fsp3) is 0.0667. The molecule has 0 aliphatic rings. The van der Waals surface area contributed by atoms with Crippen LogP contribution < -0.4 is 15.8 Å². The van der Waals surface area contributed by atoms with Crippen molar-refractivity contribution < 1.29 is 9.53 Å². The summed E-state index contributed by atoms with van der Waals surface area (Å²) < 4.78 is 5.16. The van der Waals surface area contributed by atoms with Crippen LogP contribution in [0.3, 0.4) is 0 Å². The van der Waals surface area contributed by atoms with Crippen molar-refractivity contribution in [2.45, 2.75) is 0 Å². The molecular weight excluding hydrogens is 308 g/mol. The predicted molar refractivity (Wildman–Crippen MR) is 88.3 cm³/mol. The van der Waals surface area contributed by atoms with Crippen LogP contribution in [-0.2, 0) is 0 Å². The highest BCUT2D eigenvalue weighted by Crippen LogP contribution is 2.24. The Morgan fingerprint density at radius 1 is 1.24 bits per heavy atom. The molecule has 0 radical (unpaired) electrons. The van der Waals surface area contributed by atoms with E-state index in [1.165, 1.54) is 7.11 Å². The minimum absolute atomic E-state index is 0.286. The maximum Gasteiger partial charge on any atom is 0.259 e. The minimum atomic E-state index is -0.286. The Kier molecular flexibility index (Phi) is 4.77. The number of methoxy groups -OCH3 is 1. The average Bonchev–Trinajstić information content (AvgIpc) is 2.47. The molecule has 1 amide bonds. The monoisotopic (exact) mass is 320 g/mol. The van der Waals surface area contributed by atoms with Crippen molar-refractivity contribution >= 4 is 40.4 Å². The summed E-state index contributed by atoms with van der Waals surface area (Å²) in [7, 11) is 1.49. The number of nitrogens with one attached hydrogen (secondary N) is 1. The number of hydrogen-bond donors (Lipinski definition) is 2. The molecule has 4 nitrogen and oxygen atoms in total. The van der Waals surface area contributed by atoms with Crippen LogP contribution in [0.25, 0.3) is 0 Å². The van der Waals surface area contributed by atoms with E-state index in [0.717, 1.165) is 5.56 Å². The van der Waals surface area contributed by atoms with Crippen molar-refractivity contribution in [3.05, 3.63) is 58.6 Å². The average molecular weight is 321 g/mol. The van der Waals surface area contributed by atoms with Crippen LogP contribution in [0.4, 0.5) is 5.69 Å². The Labute approximate surface area is 132 Å². The van der Waals surface area contributed by atoms with E-state index < -0.39 is 0 Å². The van der Waals surface area contributed by atoms with Gasteiger partial charge in [-0.1, -0.05) is 23.8 Å². The molecule has 6 heteroatoms. The van der Waals surface area contributed by atoms with Gasteiger partial charge in [-0.25, -0.2) is 0 Å². The second-order valence-corrected chi connectivity index (χ2v) is 5.12. The molecule has 0 aliphatic carbocycles. The molecule has 0 spiro atoms. The number of halogens is 1. The summed E-state index contributed by atoms with van der Waals surface area (Å²) in [5, 5.41) is 3.28. The molecule has 0 aliphatic heterocycles. The van der Waals surface area contributed by atoms with Gasteiger partial charge in [0.25, 0.3) is 5.91 Å². The number of carbonyl (C=O) groups is 1. The highest BCUT2D eigenvalue weighted by molar-refractivity contribution is 7.80. The highest BCUT2D eigenvalue weighted by atomic mass is 35.5. The van der Waals surface area contributed by atoms with Crippen LogP contribution in [-0.4, -0.2) is 18.0 Å². The zero-order chi connectivity index (χ0) is 15.4. The molecule has 2 aromatic carbocycles. The van der Waals surface area contributed by atoms with Crippen molar-refractivity contribution in [1.82, 2.24) is 0 Å². The molecule has 2 aromatic rings. The number of amides is 1. The number of hydrogen-bond acceptors (Lipinski definition) is 3. The Hall–Kier alpha value is -2.11. The molecule has 0 atom stereocenters. The number of carbonyl (C=O) groups excluding carboxylic acids is 1. The number of anilines is 1. The van der Waals surface area contributed by atoms with Gasteiger partial charge >= 0.3 is 0 Å². The first-order valence-corrected chi connectivity index (χ1v) is 6.84. The van der Waals surface area contributed by atoms with Gasteiger partial charge in [0.1, 0.15) is 10.7 Å². The fourth-order valence-corrected chi connectivity index (χ4v) is 2.07. The quantitative estimate of drug-likeness (QED) is 0.849. The van der Waals surface area contributed by atoms with Gasteiger partial charge in [-0.15, -0.1) is 0 Å². The van der Waals surface area contributed by atoms with Crippen molar-refractivity contribution in [3.63, 3.8) is 0 Å². The van der Waals surface area contributed by atoms with Gasteiger partial charge in [0, 0.05) is 16.3 Å². The van der Waals surface area contributed by atoms with Crippen LogP contribution in [0.1, 0.15) is 15.9 Å². The van der Waals surface area contributed by atoms with Crippen molar-refractivity contribution in [3.8, 4) is 5.75 Å². The van der Waals surface area contributed by atoms with Gasteiger partial charge in [-0.05, 0) is 42.5 Å². The van der Waals surface area contributed by atoms with Crippen LogP contribution in [0, 0.1) is 0 Å². The number of rotatable bonds is 4. The lowest BCUT2D eigenvalue weighted by Gasteiger charge is -2.10. The minimum Gasteiger partial charge on any atom is -0.496 e. The molecule has 0 saturated carbocycles. The van der Waals surface area contributed by atoms with E-state index in [9.17, 15) is 4.79 Å². The first-order valence-electron chi connectivity index (χ1n) is 6.06. The zero-order valence-corrected chi connectivity index (χ0v) is 12.8. The second-order valence-electron chi connectivity index (χ2n) is 4.24. The van der Waals surface area contributed by atoms with E-state index >= 15 is 0 Å². The summed E-state index contributed by atoms with van der Waals surface area (Å²) in [5.74, 6) is 0.131. The van der Waals surface area contributed by atoms with Gasteiger partial charge in [0.2, 0.25) is 0 Å². The molecule has 2 rings (SSSR count). The molecule has 0 heterocycles. The van der Waals surface area contributed by atoms with Gasteiger partial charge in [0.15, 0.2) is 0 Å². The smallest absolute Gasteiger partial charge is 0.259 e. The van der Waals surface area contributed by atoms with E-state index in [0.29, 0.717) is 27.0 Å². The van der Waals surface area contributed by atoms with Gasteiger partial charge in [0.05, 0.1) is 12.7 Å². The van der Waals surface area contributed by atoms with E-state index in [2.05, 4.69) is 5.32 Å². The van der Waals surface area contributed by atoms with Gasteiger partial charge in [-0.2, -0.15) is 0 Å². The first kappa shape index (κ1) is 15.3. The maximum absolute atomic E-state index is 12.2. The standard InChI is InChI=1S/C15H13ClN2O2S/c1-20-13-8-10(16)4-7-12(13)15(19)18-11-5-2-9(3-6-11)14(17)21/h2-8H,1H3,(H2,17,21)(H,18,19). The Bertz CT molecular complexity index is 687. The summed E-state index contributed by atoms with van der Waals surface area (Å²) >= 11 is 10.7. The van der Waals surface area contributed by atoms with Crippen molar-refractivity contribution in [1.29, 1.82) is 0 Å². The van der Waals surface area contributed by atoms with Crippen molar-refractivity contribution in [2.75, 3.05) is 12.4 Å². The molecule has 0 aromatic heterocycles. The third-order valence-electron chi connectivity index (χ3n) is 2.84. The van der Waals surface area contributed by atoms with Crippen LogP contribution >= 0.6 is 23.8 Å². The van der Waals surface area contributed by atoms with Gasteiger partial charge in [-0.3, -0.25) is 4.79 Å². The van der Waals surface area contributed by atoms with Gasteiger partial charge < -0.3 is 15.8 Å². The lowest BCUT2D eigenvalue weighted by atomic mass is 10.1. The molecule has 0 unspecified atom stereocenters. The maximum atomic E-state index is 12.2. The number of benzene rings is 2. The van der Waals surface area contributed by atoms with E-state index in [-0.39, 0.29) is 5.91 Å². The molecule has 0 saturated heterocycles. The lowest BCUT2D eigenvalue weighted by Crippen LogP contribution is -2.14. The van der Waals surface area contributed by atoms with E-state index in [1.54, 1.807) is 42.5 Å². The van der Waals surface area contributed by atoms with Crippen LogP contribution in [0.5, 0.6) is 5.75 Å². The second kappa shape index (κ2) is 6.56. The first-order chi connectivity index (χ1) is 10.0. The fourth-order valence-electron chi connectivity index (χ4n) is 1.77. The SMILES string of the molecule is COc1cc(Cl)ccc1C(=O)Nc1ccc(C(N)=S)cc1. The largest absolute Gasteiger partial charge is 0.496 e. The molecule has 108 valence electrons. The summed E-state index contributed by atoms with van der Waals surface area (Å²) in [5.41, 5.74) is 7.31. The van der Waals surface area contributed by atoms with Crippen LogP contribution in [0.2, 0.25) is 5.02 Å². The summed E-state index contributed by atoms with van der Waals surface area (Å²) in [6, 6.07) is 11.8. The zero-order valence-electron chi connectivity index (χ0n) is 11.2. The summed E-state index contributed by atoms with van der Waals surface area (Å²) in [6.45, 7) is 0. The molecule has 21 heavy (non-hydrogen) atoms.